The molecule has 1 aromatic heterocycles. The number of sulfonamides is 1. The van der Waals surface area contributed by atoms with E-state index in [0.29, 0.717) is 6.54 Å². The number of piperidine rings is 1. The molecule has 0 aromatic carbocycles. The first kappa shape index (κ1) is 15.9. The Morgan fingerprint density at radius 3 is 2.80 bits per heavy atom. The largest absolute Gasteiger partial charge is 0.313 e. The molecule has 20 heavy (non-hydrogen) atoms. The SMILES string of the molecule is CC(C)N(Cc1cccs1)S(=O)(=O)CC1CCCCN1. The zero-order chi connectivity index (χ0) is 14.6. The Kier molecular flexibility index (Phi) is 5.60. The van der Waals surface area contributed by atoms with Crippen LogP contribution in [0.3, 0.4) is 0 Å². The lowest BCUT2D eigenvalue weighted by Crippen LogP contribution is -2.45. The van der Waals surface area contributed by atoms with E-state index in [1.54, 1.807) is 15.6 Å². The lowest BCUT2D eigenvalue weighted by atomic mass is 10.1. The molecule has 1 aliphatic rings. The molecule has 0 spiro atoms. The normalized spacial score (nSPS) is 20.7. The maximum atomic E-state index is 12.7. The fourth-order valence-corrected chi connectivity index (χ4v) is 5.32. The molecule has 1 unspecified atom stereocenters. The van der Waals surface area contributed by atoms with Crippen molar-refractivity contribution in [1.82, 2.24) is 9.62 Å². The van der Waals surface area contributed by atoms with E-state index in [0.717, 1.165) is 30.7 Å². The summed E-state index contributed by atoms with van der Waals surface area (Å²) in [5.74, 6) is 0.219. The van der Waals surface area contributed by atoms with Gasteiger partial charge in [-0.1, -0.05) is 12.5 Å². The molecule has 6 heteroatoms. The van der Waals surface area contributed by atoms with Crippen molar-refractivity contribution in [3.63, 3.8) is 0 Å². The molecule has 114 valence electrons. The summed E-state index contributed by atoms with van der Waals surface area (Å²) < 4.78 is 26.9. The minimum atomic E-state index is -3.22. The zero-order valence-corrected chi connectivity index (χ0v) is 13.8. The minimum absolute atomic E-state index is 0.00862. The van der Waals surface area contributed by atoms with Gasteiger partial charge in [-0.3, -0.25) is 0 Å². The molecule has 1 atom stereocenters. The van der Waals surface area contributed by atoms with Gasteiger partial charge in [0.2, 0.25) is 10.0 Å². The molecule has 1 aromatic rings. The van der Waals surface area contributed by atoms with E-state index < -0.39 is 10.0 Å². The summed E-state index contributed by atoms with van der Waals surface area (Å²) in [6, 6.07) is 4.06. The smallest absolute Gasteiger partial charge is 0.216 e. The summed E-state index contributed by atoms with van der Waals surface area (Å²) in [5, 5.41) is 5.31. The highest BCUT2D eigenvalue weighted by atomic mass is 32.2. The fraction of sp³-hybridized carbons (Fsp3) is 0.714. The highest BCUT2D eigenvalue weighted by Gasteiger charge is 2.29. The van der Waals surface area contributed by atoms with Gasteiger partial charge in [-0.15, -0.1) is 11.3 Å². The average molecular weight is 316 g/mol. The van der Waals surface area contributed by atoms with Gasteiger partial charge in [0.05, 0.1) is 5.75 Å². The Hall–Kier alpha value is -0.430. The van der Waals surface area contributed by atoms with Crippen LogP contribution in [0.15, 0.2) is 17.5 Å². The van der Waals surface area contributed by atoms with Crippen LogP contribution in [-0.2, 0) is 16.6 Å². The molecule has 2 heterocycles. The van der Waals surface area contributed by atoms with Gasteiger partial charge in [-0.05, 0) is 44.7 Å². The Bertz CT molecular complexity index is 491. The second-order valence-electron chi connectivity index (χ2n) is 5.64. The minimum Gasteiger partial charge on any atom is -0.313 e. The Balaban J connectivity index is 2.06. The molecule has 2 rings (SSSR count). The van der Waals surface area contributed by atoms with Gasteiger partial charge in [-0.25, -0.2) is 8.42 Å². The van der Waals surface area contributed by atoms with E-state index in [2.05, 4.69) is 5.32 Å². The first-order chi connectivity index (χ1) is 9.49. The van der Waals surface area contributed by atoms with Crippen molar-refractivity contribution in [3.05, 3.63) is 22.4 Å². The third-order valence-electron chi connectivity index (χ3n) is 3.65. The van der Waals surface area contributed by atoms with Crippen LogP contribution in [0.4, 0.5) is 0 Å². The molecule has 1 aliphatic heterocycles. The first-order valence-corrected chi connectivity index (χ1v) is 9.73. The number of nitrogens with one attached hydrogen (secondary N) is 1. The second-order valence-corrected chi connectivity index (χ2v) is 8.64. The van der Waals surface area contributed by atoms with Crippen molar-refractivity contribution >= 4 is 21.4 Å². The van der Waals surface area contributed by atoms with Gasteiger partial charge < -0.3 is 5.32 Å². The number of hydrogen-bond donors (Lipinski definition) is 1. The van der Waals surface area contributed by atoms with Crippen molar-refractivity contribution in [1.29, 1.82) is 0 Å². The Labute approximate surface area is 126 Å². The summed E-state index contributed by atoms with van der Waals surface area (Å²) in [6.07, 6.45) is 3.24. The molecule has 0 aliphatic carbocycles. The molecule has 1 fully saturated rings. The quantitative estimate of drug-likeness (QED) is 0.877. The van der Waals surface area contributed by atoms with E-state index in [1.165, 1.54) is 0 Å². The van der Waals surface area contributed by atoms with E-state index in [9.17, 15) is 8.42 Å². The van der Waals surface area contributed by atoms with Crippen LogP contribution < -0.4 is 5.32 Å². The molecule has 0 amide bonds. The van der Waals surface area contributed by atoms with Gasteiger partial charge >= 0.3 is 0 Å². The van der Waals surface area contributed by atoms with E-state index in [4.69, 9.17) is 0 Å². The molecular weight excluding hydrogens is 292 g/mol. The second kappa shape index (κ2) is 7.02. The molecule has 0 radical (unpaired) electrons. The summed E-state index contributed by atoms with van der Waals surface area (Å²) in [4.78, 5) is 1.10. The number of hydrogen-bond acceptors (Lipinski definition) is 4. The number of nitrogens with zero attached hydrogens (tertiary/aromatic N) is 1. The van der Waals surface area contributed by atoms with Gasteiger partial charge in [0.15, 0.2) is 0 Å². The summed E-state index contributed by atoms with van der Waals surface area (Å²) in [6.45, 7) is 5.32. The monoisotopic (exact) mass is 316 g/mol. The Morgan fingerprint density at radius 2 is 2.25 bits per heavy atom. The van der Waals surface area contributed by atoms with Crippen LogP contribution >= 0.6 is 11.3 Å². The Morgan fingerprint density at radius 1 is 1.45 bits per heavy atom. The third-order valence-corrected chi connectivity index (χ3v) is 6.60. The van der Waals surface area contributed by atoms with Gasteiger partial charge in [-0.2, -0.15) is 4.31 Å². The number of rotatable bonds is 6. The van der Waals surface area contributed by atoms with Gasteiger partial charge in [0, 0.05) is 23.5 Å². The third kappa shape index (κ3) is 4.28. The summed E-state index contributed by atoms with van der Waals surface area (Å²) in [7, 11) is -3.22. The zero-order valence-electron chi connectivity index (χ0n) is 12.2. The maximum Gasteiger partial charge on any atom is 0.216 e. The molecular formula is C14H24N2O2S2. The maximum absolute atomic E-state index is 12.7. The lowest BCUT2D eigenvalue weighted by Gasteiger charge is -2.29. The van der Waals surface area contributed by atoms with Crippen LogP contribution in [0.2, 0.25) is 0 Å². The van der Waals surface area contributed by atoms with E-state index >= 15 is 0 Å². The topological polar surface area (TPSA) is 49.4 Å². The van der Waals surface area contributed by atoms with E-state index in [1.807, 2.05) is 31.4 Å². The van der Waals surface area contributed by atoms with Crippen molar-refractivity contribution < 1.29 is 8.42 Å². The molecule has 1 saturated heterocycles. The molecule has 0 bridgehead atoms. The van der Waals surface area contributed by atoms with Crippen LogP contribution in [-0.4, -0.2) is 37.1 Å². The van der Waals surface area contributed by atoms with Crippen molar-refractivity contribution in [3.8, 4) is 0 Å². The van der Waals surface area contributed by atoms with Crippen LogP contribution in [0.1, 0.15) is 38.0 Å². The molecule has 1 N–H and O–H groups in total. The molecule has 4 nitrogen and oxygen atoms in total. The summed E-state index contributed by atoms with van der Waals surface area (Å²) >= 11 is 1.61. The summed E-state index contributed by atoms with van der Waals surface area (Å²) in [5.41, 5.74) is 0. The van der Waals surface area contributed by atoms with Crippen LogP contribution in [0.5, 0.6) is 0 Å². The van der Waals surface area contributed by atoms with E-state index in [-0.39, 0.29) is 17.8 Å². The predicted molar refractivity (Wildman–Crippen MR) is 84.4 cm³/mol. The fourth-order valence-electron chi connectivity index (χ4n) is 2.57. The lowest BCUT2D eigenvalue weighted by molar-refractivity contribution is 0.342. The number of thiophene rings is 1. The van der Waals surface area contributed by atoms with Gasteiger partial charge in [0.25, 0.3) is 0 Å². The average Bonchev–Trinajstić information content (AvgIpc) is 2.89. The van der Waals surface area contributed by atoms with Crippen LogP contribution in [0, 0.1) is 0 Å². The predicted octanol–water partition coefficient (Wildman–Crippen LogP) is 2.43. The van der Waals surface area contributed by atoms with Crippen molar-refractivity contribution in [2.75, 3.05) is 12.3 Å². The van der Waals surface area contributed by atoms with Crippen molar-refractivity contribution in [2.24, 2.45) is 0 Å². The standard InChI is InChI=1S/C14H24N2O2S2/c1-12(2)16(10-14-7-5-9-19-14)20(17,18)11-13-6-3-4-8-15-13/h5,7,9,12-13,15H,3-4,6,8,10-11H2,1-2H3. The highest BCUT2D eigenvalue weighted by molar-refractivity contribution is 7.89. The molecule has 0 saturated carbocycles. The van der Waals surface area contributed by atoms with Gasteiger partial charge in [0.1, 0.15) is 0 Å². The van der Waals surface area contributed by atoms with Crippen molar-refractivity contribution in [2.45, 2.75) is 51.7 Å². The first-order valence-electron chi connectivity index (χ1n) is 7.24. The van der Waals surface area contributed by atoms with Crippen LogP contribution in [0.25, 0.3) is 0 Å². The highest BCUT2D eigenvalue weighted by Crippen LogP contribution is 2.19.